The number of aliphatic hydroxyl groups excluding tert-OH is 1. The van der Waals surface area contributed by atoms with Gasteiger partial charge in [0.2, 0.25) is 5.91 Å². The van der Waals surface area contributed by atoms with Crippen LogP contribution in [-0.4, -0.2) is 24.2 Å². The van der Waals surface area contributed by atoms with E-state index in [1.807, 2.05) is 54.6 Å². The normalized spacial score (nSPS) is 10.2. The zero-order valence-electron chi connectivity index (χ0n) is 12.5. The maximum atomic E-state index is 11.8. The first-order valence-corrected chi connectivity index (χ1v) is 7.45. The largest absolute Gasteiger partial charge is 0.494 e. The van der Waals surface area contributed by atoms with Crippen LogP contribution in [0.3, 0.4) is 0 Å². The Labute approximate surface area is 130 Å². The van der Waals surface area contributed by atoms with Crippen LogP contribution >= 0.6 is 0 Å². The number of aliphatic hydroxyl groups is 1. The van der Waals surface area contributed by atoms with Crippen molar-refractivity contribution >= 4 is 11.6 Å². The number of hydrogen-bond donors (Lipinski definition) is 2. The van der Waals surface area contributed by atoms with Gasteiger partial charge in [-0.05, 0) is 42.7 Å². The number of carbonyl (C=O) groups is 1. The zero-order chi connectivity index (χ0) is 15.6. The first-order valence-electron chi connectivity index (χ1n) is 7.45. The number of anilines is 1. The SMILES string of the molecule is O=C(CCCOc1ccccc1)Nc1ccc(CCO)cc1. The molecule has 22 heavy (non-hydrogen) atoms. The van der Waals surface area contributed by atoms with Gasteiger partial charge in [0.1, 0.15) is 5.75 Å². The van der Waals surface area contributed by atoms with Gasteiger partial charge in [-0.3, -0.25) is 4.79 Å². The second kappa shape index (κ2) is 8.85. The average Bonchev–Trinajstić information content (AvgIpc) is 2.55. The van der Waals surface area contributed by atoms with Crippen LogP contribution in [-0.2, 0) is 11.2 Å². The maximum Gasteiger partial charge on any atom is 0.224 e. The molecular formula is C18H21NO3. The van der Waals surface area contributed by atoms with Crippen molar-refractivity contribution in [3.05, 3.63) is 60.2 Å². The molecule has 0 saturated carbocycles. The summed E-state index contributed by atoms with van der Waals surface area (Å²) in [6, 6.07) is 17.1. The summed E-state index contributed by atoms with van der Waals surface area (Å²) in [6.45, 7) is 0.653. The predicted molar refractivity (Wildman–Crippen MR) is 87.0 cm³/mol. The molecule has 2 N–H and O–H groups in total. The number of benzene rings is 2. The molecule has 0 aromatic heterocycles. The Balaban J connectivity index is 1.67. The number of hydrogen-bond acceptors (Lipinski definition) is 3. The zero-order valence-corrected chi connectivity index (χ0v) is 12.5. The van der Waals surface area contributed by atoms with Gasteiger partial charge in [-0.25, -0.2) is 0 Å². The Bertz CT molecular complexity index is 567. The minimum absolute atomic E-state index is 0.0217. The van der Waals surface area contributed by atoms with E-state index in [-0.39, 0.29) is 12.5 Å². The van der Waals surface area contributed by atoms with Crippen molar-refractivity contribution in [2.75, 3.05) is 18.5 Å². The topological polar surface area (TPSA) is 58.6 Å². The number of carbonyl (C=O) groups excluding carboxylic acids is 1. The molecular weight excluding hydrogens is 278 g/mol. The van der Waals surface area contributed by atoms with Crippen molar-refractivity contribution in [3.63, 3.8) is 0 Å². The molecule has 4 heteroatoms. The molecule has 0 aliphatic rings. The summed E-state index contributed by atoms with van der Waals surface area (Å²) in [6.07, 6.45) is 1.72. The lowest BCUT2D eigenvalue weighted by molar-refractivity contribution is -0.116. The Morgan fingerprint density at radius 2 is 1.77 bits per heavy atom. The van der Waals surface area contributed by atoms with Crippen molar-refractivity contribution in [2.24, 2.45) is 0 Å². The molecule has 0 fully saturated rings. The minimum Gasteiger partial charge on any atom is -0.494 e. The lowest BCUT2D eigenvalue weighted by Gasteiger charge is -2.07. The molecule has 0 heterocycles. The summed E-state index contributed by atoms with van der Waals surface area (Å²) in [5.41, 5.74) is 1.83. The fourth-order valence-electron chi connectivity index (χ4n) is 2.05. The predicted octanol–water partition coefficient (Wildman–Crippen LogP) is 3.02. The van der Waals surface area contributed by atoms with Crippen LogP contribution in [0.1, 0.15) is 18.4 Å². The molecule has 0 aliphatic carbocycles. The Morgan fingerprint density at radius 3 is 2.45 bits per heavy atom. The van der Waals surface area contributed by atoms with E-state index in [0.29, 0.717) is 25.9 Å². The van der Waals surface area contributed by atoms with E-state index < -0.39 is 0 Å². The van der Waals surface area contributed by atoms with Gasteiger partial charge in [-0.15, -0.1) is 0 Å². The molecule has 4 nitrogen and oxygen atoms in total. The van der Waals surface area contributed by atoms with Crippen LogP contribution in [0.25, 0.3) is 0 Å². The molecule has 0 radical (unpaired) electrons. The van der Waals surface area contributed by atoms with Gasteiger partial charge in [0.25, 0.3) is 0 Å². The van der Waals surface area contributed by atoms with E-state index >= 15 is 0 Å². The molecule has 0 atom stereocenters. The molecule has 2 aromatic rings. The molecule has 1 amide bonds. The van der Waals surface area contributed by atoms with Gasteiger partial charge >= 0.3 is 0 Å². The summed E-state index contributed by atoms with van der Waals surface area (Å²) < 4.78 is 5.55. The van der Waals surface area contributed by atoms with Crippen molar-refractivity contribution in [2.45, 2.75) is 19.3 Å². The van der Waals surface area contributed by atoms with Crippen molar-refractivity contribution in [1.29, 1.82) is 0 Å². The Kier molecular flexibility index (Phi) is 6.45. The highest BCUT2D eigenvalue weighted by Crippen LogP contribution is 2.11. The second-order valence-electron chi connectivity index (χ2n) is 4.98. The van der Waals surface area contributed by atoms with Gasteiger partial charge in [-0.2, -0.15) is 0 Å². The standard InChI is InChI=1S/C18H21NO3/c20-13-12-15-8-10-16(11-9-15)19-18(21)7-4-14-22-17-5-2-1-3-6-17/h1-3,5-6,8-11,20H,4,7,12-14H2,(H,19,21). The summed E-state index contributed by atoms with van der Waals surface area (Å²) in [7, 11) is 0. The number of nitrogens with one attached hydrogen (secondary N) is 1. The molecule has 0 unspecified atom stereocenters. The average molecular weight is 299 g/mol. The molecule has 0 saturated heterocycles. The van der Waals surface area contributed by atoms with Crippen molar-refractivity contribution in [1.82, 2.24) is 0 Å². The van der Waals surface area contributed by atoms with Gasteiger partial charge < -0.3 is 15.2 Å². The van der Waals surface area contributed by atoms with Crippen molar-refractivity contribution in [3.8, 4) is 5.75 Å². The third-order valence-corrected chi connectivity index (χ3v) is 3.20. The fraction of sp³-hybridized carbons (Fsp3) is 0.278. The Hall–Kier alpha value is -2.33. The number of amides is 1. The van der Waals surface area contributed by atoms with Crippen LogP contribution in [0.15, 0.2) is 54.6 Å². The first kappa shape index (κ1) is 16.0. The molecule has 0 spiro atoms. The first-order chi connectivity index (χ1) is 10.8. The highest BCUT2D eigenvalue weighted by Gasteiger charge is 2.03. The maximum absolute atomic E-state index is 11.8. The van der Waals surface area contributed by atoms with Gasteiger partial charge in [0.05, 0.1) is 6.61 Å². The van der Waals surface area contributed by atoms with E-state index in [2.05, 4.69) is 5.32 Å². The van der Waals surface area contributed by atoms with Gasteiger partial charge in [0.15, 0.2) is 0 Å². The van der Waals surface area contributed by atoms with Crippen LogP contribution < -0.4 is 10.1 Å². The molecule has 2 aromatic carbocycles. The molecule has 2 rings (SSSR count). The van der Waals surface area contributed by atoms with Crippen LogP contribution in [0.4, 0.5) is 5.69 Å². The van der Waals surface area contributed by atoms with Crippen LogP contribution in [0.5, 0.6) is 5.75 Å². The van der Waals surface area contributed by atoms with E-state index in [4.69, 9.17) is 9.84 Å². The van der Waals surface area contributed by atoms with Crippen LogP contribution in [0.2, 0.25) is 0 Å². The minimum atomic E-state index is -0.0217. The number of para-hydroxylation sites is 1. The summed E-state index contributed by atoms with van der Waals surface area (Å²) in [5, 5.41) is 11.7. The van der Waals surface area contributed by atoms with Crippen LogP contribution in [0, 0.1) is 0 Å². The van der Waals surface area contributed by atoms with Gasteiger partial charge in [-0.1, -0.05) is 30.3 Å². The second-order valence-corrected chi connectivity index (χ2v) is 4.98. The smallest absolute Gasteiger partial charge is 0.224 e. The highest BCUT2D eigenvalue weighted by molar-refractivity contribution is 5.90. The van der Waals surface area contributed by atoms with Gasteiger partial charge in [0, 0.05) is 18.7 Å². The quantitative estimate of drug-likeness (QED) is 0.737. The monoisotopic (exact) mass is 299 g/mol. The third kappa shape index (κ3) is 5.58. The molecule has 116 valence electrons. The fourth-order valence-corrected chi connectivity index (χ4v) is 2.05. The third-order valence-electron chi connectivity index (χ3n) is 3.20. The summed E-state index contributed by atoms with van der Waals surface area (Å²) in [4.78, 5) is 11.8. The molecule has 0 aliphatic heterocycles. The van der Waals surface area contributed by atoms with E-state index in [0.717, 1.165) is 17.0 Å². The highest BCUT2D eigenvalue weighted by atomic mass is 16.5. The van der Waals surface area contributed by atoms with E-state index in [1.165, 1.54) is 0 Å². The van der Waals surface area contributed by atoms with E-state index in [1.54, 1.807) is 0 Å². The molecule has 0 bridgehead atoms. The summed E-state index contributed by atoms with van der Waals surface area (Å²) in [5.74, 6) is 0.800. The number of ether oxygens (including phenoxy) is 1. The lowest BCUT2D eigenvalue weighted by Crippen LogP contribution is -2.12. The number of rotatable bonds is 8. The Morgan fingerprint density at radius 1 is 1.05 bits per heavy atom. The summed E-state index contributed by atoms with van der Waals surface area (Å²) >= 11 is 0. The van der Waals surface area contributed by atoms with E-state index in [9.17, 15) is 4.79 Å². The lowest BCUT2D eigenvalue weighted by atomic mass is 10.1. The van der Waals surface area contributed by atoms with Crippen molar-refractivity contribution < 1.29 is 14.6 Å².